The van der Waals surface area contributed by atoms with Crippen molar-refractivity contribution in [3.05, 3.63) is 29.6 Å². The van der Waals surface area contributed by atoms with Crippen LogP contribution in [0.2, 0.25) is 0 Å². The predicted molar refractivity (Wildman–Crippen MR) is 74.0 cm³/mol. The highest BCUT2D eigenvalue weighted by Gasteiger charge is 2.26. The first-order valence-electron chi connectivity index (χ1n) is 6.61. The second-order valence-corrected chi connectivity index (χ2v) is 5.09. The molecule has 0 aromatic heterocycles. The minimum absolute atomic E-state index is 0.0446. The van der Waals surface area contributed by atoms with Crippen molar-refractivity contribution in [2.45, 2.75) is 26.1 Å². The van der Waals surface area contributed by atoms with Gasteiger partial charge in [-0.2, -0.15) is 0 Å². The quantitative estimate of drug-likeness (QED) is 0.876. The zero-order valence-corrected chi connectivity index (χ0v) is 11.8. The Morgan fingerprint density at radius 3 is 2.48 bits per heavy atom. The van der Waals surface area contributed by atoms with Crippen molar-refractivity contribution in [1.82, 2.24) is 4.90 Å². The number of hydrogen-bond acceptors (Lipinski definition) is 3. The highest BCUT2D eigenvalue weighted by molar-refractivity contribution is 5.91. The molecule has 0 bridgehead atoms. The van der Waals surface area contributed by atoms with E-state index in [1.54, 1.807) is 4.90 Å². The molecule has 0 radical (unpaired) electrons. The van der Waals surface area contributed by atoms with E-state index in [0.29, 0.717) is 13.1 Å². The number of carboxylic acids is 1. The van der Waals surface area contributed by atoms with Crippen LogP contribution in [-0.4, -0.2) is 47.3 Å². The number of anilines is 1. The van der Waals surface area contributed by atoms with E-state index in [-0.39, 0.29) is 23.5 Å². The predicted octanol–water partition coefficient (Wildman–Crippen LogP) is 2.17. The first kappa shape index (κ1) is 15.2. The number of nitrogens with zero attached hydrogens (tertiary/aromatic N) is 1. The number of nitrogens with one attached hydrogen (secondary N) is 1. The molecule has 0 saturated carbocycles. The van der Waals surface area contributed by atoms with Gasteiger partial charge >= 0.3 is 12.0 Å². The molecule has 21 heavy (non-hydrogen) atoms. The lowest BCUT2D eigenvalue weighted by Gasteiger charge is -2.35. The molecule has 2 amide bonds. The number of carbonyl (C=O) groups excluding carboxylic acids is 1. The van der Waals surface area contributed by atoms with E-state index >= 15 is 0 Å². The van der Waals surface area contributed by atoms with Crippen molar-refractivity contribution in [2.75, 3.05) is 18.4 Å². The highest BCUT2D eigenvalue weighted by Crippen LogP contribution is 2.18. The number of benzene rings is 1. The van der Waals surface area contributed by atoms with E-state index in [0.717, 1.165) is 6.07 Å². The molecule has 2 unspecified atom stereocenters. The monoisotopic (exact) mass is 296 g/mol. The van der Waals surface area contributed by atoms with Gasteiger partial charge in [0, 0.05) is 13.1 Å². The van der Waals surface area contributed by atoms with Crippen molar-refractivity contribution >= 4 is 17.7 Å². The van der Waals surface area contributed by atoms with Crippen LogP contribution in [-0.2, 0) is 4.74 Å². The van der Waals surface area contributed by atoms with Gasteiger partial charge in [-0.05, 0) is 32.0 Å². The number of amides is 2. The first-order chi connectivity index (χ1) is 9.86. The van der Waals surface area contributed by atoms with Gasteiger partial charge in [0.05, 0.1) is 23.5 Å². The summed E-state index contributed by atoms with van der Waals surface area (Å²) in [6, 6.07) is 2.93. The zero-order chi connectivity index (χ0) is 15.6. The van der Waals surface area contributed by atoms with E-state index in [9.17, 15) is 14.0 Å². The van der Waals surface area contributed by atoms with Crippen molar-refractivity contribution in [3.63, 3.8) is 0 Å². The molecule has 0 spiro atoms. The van der Waals surface area contributed by atoms with E-state index in [1.807, 2.05) is 13.8 Å². The number of morpholine rings is 1. The van der Waals surface area contributed by atoms with Crippen LogP contribution in [0.3, 0.4) is 0 Å². The summed E-state index contributed by atoms with van der Waals surface area (Å²) in [7, 11) is 0. The second-order valence-electron chi connectivity index (χ2n) is 5.09. The smallest absolute Gasteiger partial charge is 0.335 e. The van der Waals surface area contributed by atoms with E-state index in [4.69, 9.17) is 9.84 Å². The Kier molecular flexibility index (Phi) is 4.42. The topological polar surface area (TPSA) is 78.9 Å². The highest BCUT2D eigenvalue weighted by atomic mass is 19.1. The van der Waals surface area contributed by atoms with E-state index in [1.165, 1.54) is 12.1 Å². The van der Waals surface area contributed by atoms with Gasteiger partial charge in [-0.25, -0.2) is 14.0 Å². The van der Waals surface area contributed by atoms with Gasteiger partial charge in [-0.15, -0.1) is 0 Å². The van der Waals surface area contributed by atoms with Crippen LogP contribution in [0.1, 0.15) is 24.2 Å². The largest absolute Gasteiger partial charge is 0.478 e. The van der Waals surface area contributed by atoms with Crippen LogP contribution in [0.15, 0.2) is 18.2 Å². The van der Waals surface area contributed by atoms with Crippen LogP contribution < -0.4 is 5.32 Å². The van der Waals surface area contributed by atoms with Crippen molar-refractivity contribution in [2.24, 2.45) is 0 Å². The SMILES string of the molecule is CC1CN(C(=O)Nc2ccc(C(=O)O)cc2F)CC(C)O1. The van der Waals surface area contributed by atoms with E-state index in [2.05, 4.69) is 5.32 Å². The number of halogens is 1. The minimum atomic E-state index is -1.22. The minimum Gasteiger partial charge on any atom is -0.478 e. The summed E-state index contributed by atoms with van der Waals surface area (Å²) in [5.41, 5.74) is -0.212. The molecule has 1 aliphatic heterocycles. The number of carboxylic acid groups (broad SMARTS) is 1. The Morgan fingerprint density at radius 2 is 1.95 bits per heavy atom. The molecular weight excluding hydrogens is 279 g/mol. The van der Waals surface area contributed by atoms with Crippen molar-refractivity contribution in [1.29, 1.82) is 0 Å². The lowest BCUT2D eigenvalue weighted by Crippen LogP contribution is -2.49. The molecule has 1 saturated heterocycles. The maximum Gasteiger partial charge on any atom is 0.335 e. The maximum atomic E-state index is 13.8. The van der Waals surface area contributed by atoms with Crippen molar-refractivity contribution in [3.8, 4) is 0 Å². The average molecular weight is 296 g/mol. The fraction of sp³-hybridized carbons (Fsp3) is 0.429. The molecule has 1 aromatic carbocycles. The second kappa shape index (κ2) is 6.09. The molecule has 1 aliphatic rings. The third-order valence-corrected chi connectivity index (χ3v) is 3.16. The van der Waals surface area contributed by atoms with Gasteiger partial charge in [-0.1, -0.05) is 0 Å². The van der Waals surface area contributed by atoms with E-state index < -0.39 is 17.8 Å². The summed E-state index contributed by atoms with van der Waals surface area (Å²) < 4.78 is 19.3. The summed E-state index contributed by atoms with van der Waals surface area (Å²) in [5, 5.41) is 11.2. The van der Waals surface area contributed by atoms with Crippen LogP contribution in [0.5, 0.6) is 0 Å². The summed E-state index contributed by atoms with van der Waals surface area (Å²) in [4.78, 5) is 24.4. The number of aromatic carboxylic acids is 1. The molecule has 1 fully saturated rings. The normalized spacial score (nSPS) is 22.0. The third-order valence-electron chi connectivity index (χ3n) is 3.16. The van der Waals surface area contributed by atoms with Gasteiger partial charge in [0.2, 0.25) is 0 Å². The number of urea groups is 1. The Morgan fingerprint density at radius 1 is 1.33 bits per heavy atom. The Hall–Kier alpha value is -2.15. The summed E-state index contributed by atoms with van der Waals surface area (Å²) in [6.07, 6.45) is -0.169. The molecule has 2 atom stereocenters. The number of ether oxygens (including phenoxy) is 1. The molecule has 7 heteroatoms. The zero-order valence-electron chi connectivity index (χ0n) is 11.8. The Labute approximate surface area is 121 Å². The fourth-order valence-electron chi connectivity index (χ4n) is 2.29. The molecular formula is C14H17FN2O4. The van der Waals surface area contributed by atoms with Gasteiger partial charge < -0.3 is 20.1 Å². The summed E-state index contributed by atoms with van der Waals surface area (Å²) in [6.45, 7) is 4.56. The number of carbonyl (C=O) groups is 2. The Balaban J connectivity index is 2.07. The van der Waals surface area contributed by atoms with Crippen LogP contribution in [0.25, 0.3) is 0 Å². The lowest BCUT2D eigenvalue weighted by atomic mass is 10.2. The van der Waals surface area contributed by atoms with Gasteiger partial charge in [0.15, 0.2) is 0 Å². The summed E-state index contributed by atoms with van der Waals surface area (Å²) >= 11 is 0. The molecule has 1 heterocycles. The maximum absolute atomic E-state index is 13.8. The van der Waals surface area contributed by atoms with Crippen LogP contribution in [0, 0.1) is 5.82 Å². The lowest BCUT2D eigenvalue weighted by molar-refractivity contribution is -0.0530. The standard InChI is InChI=1S/C14H17FN2O4/c1-8-6-17(7-9(2)21-8)14(20)16-12-4-3-10(13(18)19)5-11(12)15/h3-5,8-9H,6-7H2,1-2H3,(H,16,20)(H,18,19). The molecule has 0 aliphatic carbocycles. The average Bonchev–Trinajstić information content (AvgIpc) is 2.39. The molecule has 6 nitrogen and oxygen atoms in total. The van der Waals surface area contributed by atoms with Gasteiger partial charge in [0.1, 0.15) is 5.82 Å². The molecule has 2 N–H and O–H groups in total. The molecule has 2 rings (SSSR count). The Bertz CT molecular complexity index is 554. The fourth-order valence-corrected chi connectivity index (χ4v) is 2.29. The number of rotatable bonds is 2. The molecule has 114 valence electrons. The van der Waals surface area contributed by atoms with Gasteiger partial charge in [-0.3, -0.25) is 0 Å². The van der Waals surface area contributed by atoms with Gasteiger partial charge in [0.25, 0.3) is 0 Å². The summed E-state index contributed by atoms with van der Waals surface area (Å²) in [5.74, 6) is -2.00. The third kappa shape index (κ3) is 3.69. The first-order valence-corrected chi connectivity index (χ1v) is 6.61. The number of hydrogen-bond donors (Lipinski definition) is 2. The van der Waals surface area contributed by atoms with Crippen LogP contribution >= 0.6 is 0 Å². The molecule has 1 aromatic rings. The van der Waals surface area contributed by atoms with Crippen molar-refractivity contribution < 1.29 is 23.8 Å². The van der Waals surface area contributed by atoms with Crippen LogP contribution in [0.4, 0.5) is 14.9 Å².